The van der Waals surface area contributed by atoms with Crippen molar-refractivity contribution < 1.29 is 13.9 Å². The third kappa shape index (κ3) is 3.21. The molecule has 122 valence electrons. The van der Waals surface area contributed by atoms with Crippen LogP contribution in [0, 0.1) is 25.6 Å². The number of aromatic amines is 1. The van der Waals surface area contributed by atoms with Crippen molar-refractivity contribution in [3.63, 3.8) is 0 Å². The zero-order chi connectivity index (χ0) is 16.6. The molecule has 1 amide bonds. The molecule has 1 N–H and O–H groups in total. The summed E-state index contributed by atoms with van der Waals surface area (Å²) in [5.74, 6) is 0.402. The Labute approximate surface area is 134 Å². The number of benzene rings is 1. The number of carbonyl (C=O) groups excluding carboxylic acids is 1. The quantitative estimate of drug-likeness (QED) is 0.943. The number of likely N-dealkylation sites (tertiary alicyclic amines) is 1. The molecule has 6 heteroatoms. The maximum atomic E-state index is 13.9. The van der Waals surface area contributed by atoms with Gasteiger partial charge in [0.1, 0.15) is 11.6 Å². The van der Waals surface area contributed by atoms with E-state index in [1.807, 2.05) is 19.9 Å². The van der Waals surface area contributed by atoms with Gasteiger partial charge in [-0.3, -0.25) is 9.89 Å². The van der Waals surface area contributed by atoms with Crippen molar-refractivity contribution in [3.05, 3.63) is 35.4 Å². The number of hydrogen-bond acceptors (Lipinski definition) is 3. The van der Waals surface area contributed by atoms with E-state index in [2.05, 4.69) is 10.2 Å². The van der Waals surface area contributed by atoms with Gasteiger partial charge in [0, 0.05) is 43.3 Å². The van der Waals surface area contributed by atoms with E-state index in [0.717, 1.165) is 22.5 Å². The molecule has 1 aliphatic heterocycles. The Kier molecular flexibility index (Phi) is 4.07. The second kappa shape index (κ2) is 6.02. The summed E-state index contributed by atoms with van der Waals surface area (Å²) in [5, 5.41) is 7.05. The molecular formula is C17H20FN3O2. The lowest BCUT2D eigenvalue weighted by Crippen LogP contribution is -2.20. The molecule has 0 aliphatic carbocycles. The molecule has 5 nitrogen and oxygen atoms in total. The standard InChI is InChI=1S/C17H20FN3O2/c1-10-17(11(2)20-19-10)13-5-14(18)7-15(6-13)23-9-12-4-16(22)21(3)8-12/h5-7,12H,4,8-9H2,1-3H3,(H,19,20). The van der Waals surface area contributed by atoms with Crippen LogP contribution in [0.1, 0.15) is 17.8 Å². The monoisotopic (exact) mass is 317 g/mol. The van der Waals surface area contributed by atoms with Crippen LogP contribution in [0.2, 0.25) is 0 Å². The van der Waals surface area contributed by atoms with E-state index in [4.69, 9.17) is 4.74 Å². The predicted octanol–water partition coefficient (Wildman–Crippen LogP) is 2.69. The van der Waals surface area contributed by atoms with Gasteiger partial charge in [0.15, 0.2) is 0 Å². The van der Waals surface area contributed by atoms with Crippen molar-refractivity contribution in [1.29, 1.82) is 0 Å². The Bertz CT molecular complexity index is 722. The molecule has 2 heterocycles. The van der Waals surface area contributed by atoms with Crippen LogP contribution in [0.15, 0.2) is 18.2 Å². The van der Waals surface area contributed by atoms with Crippen LogP contribution >= 0.6 is 0 Å². The fourth-order valence-corrected chi connectivity index (χ4v) is 3.05. The zero-order valence-electron chi connectivity index (χ0n) is 13.5. The Hall–Kier alpha value is -2.37. The van der Waals surface area contributed by atoms with Crippen LogP contribution in [0.25, 0.3) is 11.1 Å². The highest BCUT2D eigenvalue weighted by molar-refractivity contribution is 5.78. The highest BCUT2D eigenvalue weighted by Gasteiger charge is 2.27. The number of nitrogens with one attached hydrogen (secondary N) is 1. The predicted molar refractivity (Wildman–Crippen MR) is 84.7 cm³/mol. The molecule has 3 rings (SSSR count). The van der Waals surface area contributed by atoms with Gasteiger partial charge in [-0.05, 0) is 31.5 Å². The van der Waals surface area contributed by atoms with Crippen molar-refractivity contribution >= 4 is 5.91 Å². The smallest absolute Gasteiger partial charge is 0.222 e. The lowest BCUT2D eigenvalue weighted by molar-refractivity contribution is -0.126. The number of carbonyl (C=O) groups is 1. The van der Waals surface area contributed by atoms with E-state index in [0.29, 0.717) is 25.3 Å². The molecule has 0 radical (unpaired) electrons. The highest BCUT2D eigenvalue weighted by Crippen LogP contribution is 2.30. The van der Waals surface area contributed by atoms with Crippen LogP contribution in [0.4, 0.5) is 4.39 Å². The van der Waals surface area contributed by atoms with Gasteiger partial charge in [-0.1, -0.05) is 0 Å². The minimum absolute atomic E-state index is 0.128. The van der Waals surface area contributed by atoms with Crippen LogP contribution < -0.4 is 4.74 Å². The Balaban J connectivity index is 1.77. The maximum Gasteiger partial charge on any atom is 0.222 e. The lowest BCUT2D eigenvalue weighted by atomic mass is 10.0. The Morgan fingerprint density at radius 1 is 1.39 bits per heavy atom. The molecule has 0 bridgehead atoms. The van der Waals surface area contributed by atoms with Crippen molar-refractivity contribution in [1.82, 2.24) is 15.1 Å². The molecule has 1 saturated heterocycles. The normalized spacial score (nSPS) is 17.8. The number of H-pyrrole nitrogens is 1. The number of aromatic nitrogens is 2. The molecule has 0 saturated carbocycles. The fourth-order valence-electron chi connectivity index (χ4n) is 3.05. The van der Waals surface area contributed by atoms with Gasteiger partial charge < -0.3 is 9.64 Å². The number of aryl methyl sites for hydroxylation is 2. The van der Waals surface area contributed by atoms with E-state index < -0.39 is 0 Å². The molecule has 1 aliphatic rings. The highest BCUT2D eigenvalue weighted by atomic mass is 19.1. The topological polar surface area (TPSA) is 58.2 Å². The summed E-state index contributed by atoms with van der Waals surface area (Å²) in [6, 6.07) is 4.66. The van der Waals surface area contributed by atoms with Crippen molar-refractivity contribution in [2.75, 3.05) is 20.2 Å². The van der Waals surface area contributed by atoms with E-state index in [1.165, 1.54) is 12.1 Å². The minimum atomic E-state index is -0.350. The zero-order valence-corrected chi connectivity index (χ0v) is 13.5. The lowest BCUT2D eigenvalue weighted by Gasteiger charge is -2.13. The van der Waals surface area contributed by atoms with Gasteiger partial charge in [-0.25, -0.2) is 4.39 Å². The van der Waals surface area contributed by atoms with E-state index in [9.17, 15) is 9.18 Å². The SMILES string of the molecule is Cc1n[nH]c(C)c1-c1cc(F)cc(OCC2CC(=O)N(C)C2)c1. The molecule has 0 spiro atoms. The third-order valence-electron chi connectivity index (χ3n) is 4.19. The van der Waals surface area contributed by atoms with Gasteiger partial charge in [0.25, 0.3) is 0 Å². The Morgan fingerprint density at radius 3 is 2.78 bits per heavy atom. The molecule has 1 atom stereocenters. The van der Waals surface area contributed by atoms with Gasteiger partial charge >= 0.3 is 0 Å². The number of ether oxygens (including phenoxy) is 1. The van der Waals surface area contributed by atoms with Crippen molar-refractivity contribution in [3.8, 4) is 16.9 Å². The first-order valence-corrected chi connectivity index (χ1v) is 7.63. The van der Waals surface area contributed by atoms with Crippen LogP contribution in [0.3, 0.4) is 0 Å². The Morgan fingerprint density at radius 2 is 2.17 bits per heavy atom. The third-order valence-corrected chi connectivity index (χ3v) is 4.19. The summed E-state index contributed by atoms with van der Waals surface area (Å²) < 4.78 is 19.7. The largest absolute Gasteiger partial charge is 0.493 e. The molecule has 1 aromatic carbocycles. The summed E-state index contributed by atoms with van der Waals surface area (Å²) in [6.07, 6.45) is 0.485. The number of nitrogens with zero attached hydrogens (tertiary/aromatic N) is 2. The number of rotatable bonds is 4. The maximum absolute atomic E-state index is 13.9. The molecule has 1 unspecified atom stereocenters. The molecule has 2 aromatic rings. The summed E-state index contributed by atoms with van der Waals surface area (Å²) in [5.41, 5.74) is 3.35. The van der Waals surface area contributed by atoms with Crippen LogP contribution in [-0.2, 0) is 4.79 Å². The van der Waals surface area contributed by atoms with E-state index >= 15 is 0 Å². The van der Waals surface area contributed by atoms with E-state index in [-0.39, 0.29) is 17.6 Å². The average molecular weight is 317 g/mol. The number of halogens is 1. The average Bonchev–Trinajstić information content (AvgIpc) is 2.99. The first-order valence-electron chi connectivity index (χ1n) is 7.63. The van der Waals surface area contributed by atoms with Gasteiger partial charge in [0.05, 0.1) is 12.3 Å². The number of hydrogen-bond donors (Lipinski definition) is 1. The molecule has 1 aromatic heterocycles. The second-order valence-electron chi connectivity index (χ2n) is 6.14. The van der Waals surface area contributed by atoms with Crippen LogP contribution in [0.5, 0.6) is 5.75 Å². The summed E-state index contributed by atoms with van der Waals surface area (Å²) in [6.45, 7) is 4.87. The molecular weight excluding hydrogens is 297 g/mol. The molecule has 23 heavy (non-hydrogen) atoms. The summed E-state index contributed by atoms with van der Waals surface area (Å²) in [7, 11) is 1.78. The van der Waals surface area contributed by atoms with Gasteiger partial charge in [0.2, 0.25) is 5.91 Å². The first kappa shape index (κ1) is 15.5. The summed E-state index contributed by atoms with van der Waals surface area (Å²) >= 11 is 0. The minimum Gasteiger partial charge on any atom is -0.493 e. The van der Waals surface area contributed by atoms with Crippen LogP contribution in [-0.4, -0.2) is 41.2 Å². The fraction of sp³-hybridized carbons (Fsp3) is 0.412. The first-order chi connectivity index (χ1) is 10.9. The van der Waals surface area contributed by atoms with Gasteiger partial charge in [-0.15, -0.1) is 0 Å². The molecule has 1 fully saturated rings. The van der Waals surface area contributed by atoms with Crippen molar-refractivity contribution in [2.24, 2.45) is 5.92 Å². The van der Waals surface area contributed by atoms with E-state index in [1.54, 1.807) is 11.9 Å². The van der Waals surface area contributed by atoms with Gasteiger partial charge in [-0.2, -0.15) is 5.10 Å². The van der Waals surface area contributed by atoms with Crippen molar-refractivity contribution in [2.45, 2.75) is 20.3 Å². The summed E-state index contributed by atoms with van der Waals surface area (Å²) in [4.78, 5) is 13.2. The number of amides is 1. The second-order valence-corrected chi connectivity index (χ2v) is 6.14.